The largest absolute Gasteiger partial charge is 0.494 e. The monoisotopic (exact) mass is 374 g/mol. The average Bonchev–Trinajstić information content (AvgIpc) is 2.59. The molecular formula is C20H26N2O3S. The van der Waals surface area contributed by atoms with Crippen LogP contribution < -0.4 is 15.4 Å². The van der Waals surface area contributed by atoms with Crippen LogP contribution in [0.5, 0.6) is 5.75 Å². The van der Waals surface area contributed by atoms with Crippen LogP contribution >= 0.6 is 12.2 Å². The Bertz CT molecular complexity index is 696. The van der Waals surface area contributed by atoms with Gasteiger partial charge in [0.15, 0.2) is 5.11 Å². The highest BCUT2D eigenvalue weighted by molar-refractivity contribution is 7.80. The Labute approximate surface area is 160 Å². The smallest absolute Gasteiger partial charge is 0.338 e. The van der Waals surface area contributed by atoms with Crippen LogP contribution in [0.1, 0.15) is 38.8 Å². The fourth-order valence-electron chi connectivity index (χ4n) is 2.60. The summed E-state index contributed by atoms with van der Waals surface area (Å²) in [5, 5.41) is 6.60. The van der Waals surface area contributed by atoms with Crippen molar-refractivity contribution in [1.82, 2.24) is 10.6 Å². The van der Waals surface area contributed by atoms with E-state index < -0.39 is 5.97 Å². The molecule has 0 saturated heterocycles. The van der Waals surface area contributed by atoms with E-state index in [4.69, 9.17) is 21.7 Å². The highest BCUT2D eigenvalue weighted by Gasteiger charge is 2.30. The third-order valence-electron chi connectivity index (χ3n) is 4.00. The van der Waals surface area contributed by atoms with E-state index in [0.29, 0.717) is 28.9 Å². The van der Waals surface area contributed by atoms with Crippen molar-refractivity contribution in [2.24, 2.45) is 5.92 Å². The van der Waals surface area contributed by atoms with Gasteiger partial charge in [-0.05, 0) is 49.2 Å². The van der Waals surface area contributed by atoms with E-state index in [1.165, 1.54) is 0 Å². The van der Waals surface area contributed by atoms with Crippen molar-refractivity contribution in [3.63, 3.8) is 0 Å². The molecule has 0 spiro atoms. The van der Waals surface area contributed by atoms with Crippen molar-refractivity contribution >= 4 is 23.3 Å². The van der Waals surface area contributed by atoms with Gasteiger partial charge in [-0.1, -0.05) is 38.6 Å². The van der Waals surface area contributed by atoms with E-state index in [9.17, 15) is 4.79 Å². The van der Waals surface area contributed by atoms with Crippen molar-refractivity contribution in [2.45, 2.75) is 33.2 Å². The maximum Gasteiger partial charge on any atom is 0.338 e. The van der Waals surface area contributed by atoms with Gasteiger partial charge in [-0.3, -0.25) is 0 Å². The Morgan fingerprint density at radius 3 is 2.65 bits per heavy atom. The average molecular weight is 375 g/mol. The number of thiocarbonyl (C=S) groups is 1. The van der Waals surface area contributed by atoms with Gasteiger partial charge in [-0.2, -0.15) is 0 Å². The molecule has 1 aliphatic heterocycles. The fraction of sp³-hybridized carbons (Fsp3) is 0.400. The molecule has 0 aliphatic carbocycles. The molecule has 1 aliphatic rings. The van der Waals surface area contributed by atoms with Crippen molar-refractivity contribution in [3.8, 4) is 5.75 Å². The summed E-state index contributed by atoms with van der Waals surface area (Å²) in [6.07, 6.45) is 2.55. The molecule has 6 heteroatoms. The van der Waals surface area contributed by atoms with Crippen LogP contribution in [-0.2, 0) is 9.53 Å². The third kappa shape index (κ3) is 5.33. The summed E-state index contributed by atoms with van der Waals surface area (Å²) in [6, 6.07) is 7.31. The predicted molar refractivity (Wildman–Crippen MR) is 107 cm³/mol. The molecule has 0 radical (unpaired) electrons. The van der Waals surface area contributed by atoms with Gasteiger partial charge in [0.25, 0.3) is 0 Å². The van der Waals surface area contributed by atoms with Gasteiger partial charge in [0, 0.05) is 5.70 Å². The number of carbonyl (C=O) groups excluding carboxylic acids is 1. The Hall–Kier alpha value is -2.34. The fourth-order valence-corrected chi connectivity index (χ4v) is 2.87. The van der Waals surface area contributed by atoms with Gasteiger partial charge in [0.05, 0.1) is 18.2 Å². The predicted octanol–water partition coefficient (Wildman–Crippen LogP) is 3.63. The number of allylic oxidation sites excluding steroid dienone is 1. The molecular weight excluding hydrogens is 348 g/mol. The van der Waals surface area contributed by atoms with E-state index in [2.05, 4.69) is 31.1 Å². The van der Waals surface area contributed by atoms with Crippen LogP contribution in [0, 0.1) is 5.92 Å². The molecule has 2 N–H and O–H groups in total. The van der Waals surface area contributed by atoms with Crippen LogP contribution in [0.3, 0.4) is 0 Å². The topological polar surface area (TPSA) is 59.6 Å². The lowest BCUT2D eigenvalue weighted by Crippen LogP contribution is -2.45. The first-order valence-electron chi connectivity index (χ1n) is 8.71. The summed E-state index contributed by atoms with van der Waals surface area (Å²) in [4.78, 5) is 12.5. The minimum atomic E-state index is -0.396. The highest BCUT2D eigenvalue weighted by Crippen LogP contribution is 2.29. The minimum absolute atomic E-state index is 0.162. The molecule has 0 saturated carbocycles. The summed E-state index contributed by atoms with van der Waals surface area (Å²) < 4.78 is 11.0. The van der Waals surface area contributed by atoms with E-state index in [-0.39, 0.29) is 12.6 Å². The Morgan fingerprint density at radius 2 is 2.04 bits per heavy atom. The summed E-state index contributed by atoms with van der Waals surface area (Å²) in [7, 11) is 0. The van der Waals surface area contributed by atoms with Crippen molar-refractivity contribution in [3.05, 3.63) is 53.8 Å². The van der Waals surface area contributed by atoms with Crippen LogP contribution in [0.25, 0.3) is 0 Å². The number of rotatable bonds is 8. The number of benzene rings is 1. The molecule has 0 bridgehead atoms. The number of nitrogens with one attached hydrogen (secondary N) is 2. The first kappa shape index (κ1) is 20.0. The van der Waals surface area contributed by atoms with Crippen molar-refractivity contribution in [2.75, 3.05) is 13.2 Å². The summed E-state index contributed by atoms with van der Waals surface area (Å²) in [5.74, 6) is 1.01. The van der Waals surface area contributed by atoms with Gasteiger partial charge < -0.3 is 20.1 Å². The molecule has 1 aromatic carbocycles. The second-order valence-electron chi connectivity index (χ2n) is 6.56. The van der Waals surface area contributed by atoms with Gasteiger partial charge in [0.2, 0.25) is 0 Å². The molecule has 1 heterocycles. The van der Waals surface area contributed by atoms with Gasteiger partial charge in [0.1, 0.15) is 12.4 Å². The second-order valence-corrected chi connectivity index (χ2v) is 6.97. The summed E-state index contributed by atoms with van der Waals surface area (Å²) >= 11 is 5.24. The van der Waals surface area contributed by atoms with Gasteiger partial charge in [-0.25, -0.2) is 4.79 Å². The zero-order chi connectivity index (χ0) is 19.1. The molecule has 0 amide bonds. The lowest BCUT2D eigenvalue weighted by Gasteiger charge is -2.29. The molecule has 0 aromatic heterocycles. The Balaban J connectivity index is 2.18. The molecule has 5 nitrogen and oxygen atoms in total. The first-order chi connectivity index (χ1) is 12.4. The van der Waals surface area contributed by atoms with Crippen LogP contribution in [-0.4, -0.2) is 24.3 Å². The number of carbonyl (C=O) groups is 1. The molecule has 0 unspecified atom stereocenters. The van der Waals surface area contributed by atoms with Crippen LogP contribution in [0.2, 0.25) is 0 Å². The zero-order valence-corrected chi connectivity index (χ0v) is 16.3. The second kappa shape index (κ2) is 9.38. The molecule has 140 valence electrons. The van der Waals surface area contributed by atoms with Gasteiger partial charge >= 0.3 is 5.97 Å². The zero-order valence-electron chi connectivity index (χ0n) is 15.5. The Kier molecular flexibility index (Phi) is 7.21. The van der Waals surface area contributed by atoms with E-state index >= 15 is 0 Å². The molecule has 26 heavy (non-hydrogen) atoms. The van der Waals surface area contributed by atoms with Gasteiger partial charge in [-0.15, -0.1) is 0 Å². The highest BCUT2D eigenvalue weighted by atomic mass is 32.1. The molecule has 0 fully saturated rings. The summed E-state index contributed by atoms with van der Waals surface area (Å²) in [5.41, 5.74) is 2.11. The Morgan fingerprint density at radius 1 is 1.35 bits per heavy atom. The maximum absolute atomic E-state index is 12.5. The normalized spacial score (nSPS) is 16.8. The number of ether oxygens (including phenoxy) is 2. The van der Waals surface area contributed by atoms with Crippen LogP contribution in [0.4, 0.5) is 0 Å². The standard InChI is InChI=1S/C20H26N2O3S/c1-5-11-25-19(23)17-14(4)21-20(26)22-18(17)15-6-8-16(9-7-15)24-12-10-13(2)3/h5-9,13,18H,1,10-12H2,2-4H3,(H2,21,22,26)/t18-/m0/s1. The minimum Gasteiger partial charge on any atom is -0.494 e. The number of esters is 1. The maximum atomic E-state index is 12.5. The van der Waals surface area contributed by atoms with Crippen molar-refractivity contribution in [1.29, 1.82) is 0 Å². The molecule has 1 aromatic rings. The lowest BCUT2D eigenvalue weighted by atomic mass is 9.95. The number of hydrogen-bond acceptors (Lipinski definition) is 4. The quantitative estimate of drug-likeness (QED) is 0.412. The summed E-state index contributed by atoms with van der Waals surface area (Å²) in [6.45, 7) is 10.6. The van der Waals surface area contributed by atoms with E-state index in [0.717, 1.165) is 17.7 Å². The van der Waals surface area contributed by atoms with Crippen molar-refractivity contribution < 1.29 is 14.3 Å². The van der Waals surface area contributed by atoms with Crippen LogP contribution in [0.15, 0.2) is 48.2 Å². The van der Waals surface area contributed by atoms with E-state index in [1.807, 2.05) is 31.2 Å². The number of hydrogen-bond donors (Lipinski definition) is 2. The SMILES string of the molecule is C=CCOC(=O)C1=C(C)NC(=S)N[C@H]1c1ccc(OCCC(C)C)cc1. The molecule has 1 atom stereocenters. The third-order valence-corrected chi connectivity index (χ3v) is 4.22. The molecule has 2 rings (SSSR count). The first-order valence-corrected chi connectivity index (χ1v) is 9.12. The van der Waals surface area contributed by atoms with E-state index in [1.54, 1.807) is 6.08 Å². The lowest BCUT2D eigenvalue weighted by molar-refractivity contribution is -0.138.